The Kier molecular flexibility index (Phi) is 3.74. The molecule has 1 spiro atoms. The van der Waals surface area contributed by atoms with E-state index in [1.807, 2.05) is 17.9 Å². The van der Waals surface area contributed by atoms with E-state index in [0.29, 0.717) is 36.7 Å². The molecule has 4 fully saturated rings. The minimum Gasteiger partial charge on any atom is -0.504 e. The summed E-state index contributed by atoms with van der Waals surface area (Å²) in [5.74, 6) is 0.718. The van der Waals surface area contributed by atoms with E-state index < -0.39 is 22.9 Å². The minimum atomic E-state index is -0.973. The smallest absolute Gasteiger partial charge is 0.254 e. The number of aromatic hydroxyl groups is 1. The van der Waals surface area contributed by atoms with Crippen LogP contribution >= 0.6 is 0 Å². The Bertz CT molecular complexity index is 1310. The highest BCUT2D eigenvalue weighted by molar-refractivity contribution is 5.98. The first kappa shape index (κ1) is 20.5. The van der Waals surface area contributed by atoms with Crippen LogP contribution in [-0.2, 0) is 12.0 Å². The largest absolute Gasteiger partial charge is 0.504 e. The van der Waals surface area contributed by atoms with Crippen LogP contribution in [0.25, 0.3) is 0 Å². The zero-order chi connectivity index (χ0) is 23.9. The lowest BCUT2D eigenvalue weighted by Crippen LogP contribution is -2.68. The van der Waals surface area contributed by atoms with E-state index in [0.717, 1.165) is 35.6 Å². The van der Waals surface area contributed by atoms with Crippen molar-refractivity contribution in [3.8, 4) is 11.5 Å². The van der Waals surface area contributed by atoms with E-state index >= 15 is 0 Å². The molecule has 2 aromatic rings. The number of phenolic OH excluding ortho intramolecular Hbond substituents is 1. The molecule has 7 atom stereocenters. The monoisotopic (exact) mass is 476 g/mol. The van der Waals surface area contributed by atoms with Crippen molar-refractivity contribution in [2.24, 2.45) is 5.92 Å². The Hall–Kier alpha value is -2.64. The molecule has 35 heavy (non-hydrogen) atoms. The number of nitrogens with zero attached hydrogens (tertiary/aromatic N) is 2. The zero-order valence-electron chi connectivity index (χ0n) is 19.7. The molecule has 2 N–H and O–H groups in total. The molecule has 3 aliphatic carbocycles. The highest BCUT2D eigenvalue weighted by Crippen LogP contribution is 2.70. The number of carbonyl (C=O) groups is 1. The summed E-state index contributed by atoms with van der Waals surface area (Å²) in [5, 5.41) is 23.3. The summed E-state index contributed by atoms with van der Waals surface area (Å²) in [5.41, 5.74) is 1.52. The number of hydrogen-bond donors (Lipinski definition) is 2. The Balaban J connectivity index is 1.23. The summed E-state index contributed by atoms with van der Waals surface area (Å²) in [6.45, 7) is 3.49. The first-order chi connectivity index (χ1) is 16.8. The maximum Gasteiger partial charge on any atom is 0.254 e. The number of halogens is 1. The Morgan fingerprint density at radius 1 is 1.17 bits per heavy atom. The van der Waals surface area contributed by atoms with Crippen LogP contribution in [0.3, 0.4) is 0 Å². The van der Waals surface area contributed by atoms with Gasteiger partial charge in [0.25, 0.3) is 5.91 Å². The van der Waals surface area contributed by atoms with Crippen LogP contribution in [0.1, 0.15) is 59.2 Å². The zero-order valence-corrected chi connectivity index (χ0v) is 19.7. The molecular weight excluding hydrogens is 447 g/mol. The topological polar surface area (TPSA) is 73.0 Å². The van der Waals surface area contributed by atoms with Crippen molar-refractivity contribution in [3.63, 3.8) is 0 Å². The van der Waals surface area contributed by atoms with Gasteiger partial charge in [-0.1, -0.05) is 12.1 Å². The van der Waals surface area contributed by atoms with Crippen LogP contribution in [0.2, 0.25) is 0 Å². The third kappa shape index (κ3) is 2.39. The second kappa shape index (κ2) is 6.37. The predicted octanol–water partition coefficient (Wildman–Crippen LogP) is 3.25. The summed E-state index contributed by atoms with van der Waals surface area (Å²) in [7, 11) is 0. The fourth-order valence-corrected chi connectivity index (χ4v) is 8.35. The van der Waals surface area contributed by atoms with Crippen molar-refractivity contribution >= 4 is 5.91 Å². The number of phenols is 1. The summed E-state index contributed by atoms with van der Waals surface area (Å²) in [6, 6.07) is 8.13. The van der Waals surface area contributed by atoms with Gasteiger partial charge in [0, 0.05) is 30.3 Å². The van der Waals surface area contributed by atoms with Crippen molar-refractivity contribution < 1.29 is 24.1 Å². The second-order valence-corrected chi connectivity index (χ2v) is 11.7. The van der Waals surface area contributed by atoms with E-state index in [1.54, 1.807) is 12.1 Å². The number of aliphatic hydroxyl groups is 1. The summed E-state index contributed by atoms with van der Waals surface area (Å²) in [4.78, 5) is 17.8. The Morgan fingerprint density at radius 3 is 2.80 bits per heavy atom. The number of hydrogen-bond acceptors (Lipinski definition) is 5. The SMILES string of the molecule is Cc1ccc(O)c2c1[C@]13CC4[C@@H](N4CC4CC4)[C@]1(O)CCC(N1Cc4ccc(F)cc4C1=O)[C@@H]3O2. The summed E-state index contributed by atoms with van der Waals surface area (Å²) < 4.78 is 20.5. The predicted molar refractivity (Wildman–Crippen MR) is 125 cm³/mol. The molecule has 6 nitrogen and oxygen atoms in total. The number of amides is 1. The van der Waals surface area contributed by atoms with Crippen LogP contribution in [0.15, 0.2) is 30.3 Å². The van der Waals surface area contributed by atoms with Crippen molar-refractivity contribution in [2.75, 3.05) is 6.54 Å². The maximum absolute atomic E-state index is 13.9. The number of rotatable bonds is 3. The molecular formula is C28H29FN2O4. The summed E-state index contributed by atoms with van der Waals surface area (Å²) >= 11 is 0. The number of fused-ring (bicyclic) bond motifs is 4. The Labute approximate surface area is 203 Å². The van der Waals surface area contributed by atoms with Gasteiger partial charge in [-0.3, -0.25) is 9.69 Å². The van der Waals surface area contributed by atoms with E-state index in [-0.39, 0.29) is 23.7 Å². The maximum atomic E-state index is 13.9. The van der Waals surface area contributed by atoms with E-state index in [1.165, 1.54) is 25.0 Å². The average Bonchev–Trinajstić information content (AvgIpc) is 3.68. The van der Waals surface area contributed by atoms with Gasteiger partial charge in [-0.2, -0.15) is 0 Å². The molecule has 1 amide bonds. The van der Waals surface area contributed by atoms with Gasteiger partial charge in [-0.15, -0.1) is 0 Å². The quantitative estimate of drug-likeness (QED) is 0.666. The molecule has 7 heteroatoms. The van der Waals surface area contributed by atoms with Crippen molar-refractivity contribution in [3.05, 3.63) is 58.4 Å². The highest BCUT2D eigenvalue weighted by Gasteiger charge is 2.81. The highest BCUT2D eigenvalue weighted by atomic mass is 19.1. The van der Waals surface area contributed by atoms with Crippen molar-refractivity contribution in [1.29, 1.82) is 0 Å². The molecule has 0 radical (unpaired) electrons. The number of aryl methyl sites for hydroxylation is 1. The minimum absolute atomic E-state index is 0.0870. The molecule has 6 aliphatic rings. The van der Waals surface area contributed by atoms with Crippen molar-refractivity contribution in [1.82, 2.24) is 9.80 Å². The molecule has 0 bridgehead atoms. The first-order valence-electron chi connectivity index (χ1n) is 12.9. The third-order valence-electron chi connectivity index (χ3n) is 10.0. The molecule has 3 aliphatic heterocycles. The molecule has 1 saturated heterocycles. The van der Waals surface area contributed by atoms with E-state index in [4.69, 9.17) is 4.74 Å². The van der Waals surface area contributed by atoms with E-state index in [2.05, 4.69) is 4.90 Å². The molecule has 0 aromatic heterocycles. The van der Waals surface area contributed by atoms with Crippen molar-refractivity contribution in [2.45, 2.75) is 80.8 Å². The second-order valence-electron chi connectivity index (χ2n) is 11.7. The molecule has 182 valence electrons. The standard InChI is InChI=1S/C28H29FN2O4/c1-14-2-7-21(32)23-22(14)27-11-20-24(30(20)12-15-3-4-15)28(27,34)9-8-19(25(27)35-23)31-13-16-5-6-17(29)10-18(16)26(31)33/h2,5-7,10,15,19-20,24-25,32,34H,3-4,8-9,11-13H2,1H3/t19?,20?,24-,25+,27+,28-,30?/m1/s1. The Morgan fingerprint density at radius 2 is 2.00 bits per heavy atom. The van der Waals surface area contributed by atoms with Crippen LogP contribution in [0, 0.1) is 18.7 Å². The fourth-order valence-electron chi connectivity index (χ4n) is 8.35. The van der Waals surface area contributed by atoms with Gasteiger partial charge < -0.3 is 19.8 Å². The first-order valence-corrected chi connectivity index (χ1v) is 12.9. The van der Waals surface area contributed by atoms with Gasteiger partial charge in [-0.05, 0) is 74.3 Å². The average molecular weight is 477 g/mol. The normalized spacial score (nSPS) is 40.0. The van der Waals surface area contributed by atoms with Gasteiger partial charge in [0.05, 0.1) is 23.1 Å². The van der Waals surface area contributed by atoms with Gasteiger partial charge in [0.15, 0.2) is 11.5 Å². The van der Waals surface area contributed by atoms with E-state index in [9.17, 15) is 19.4 Å². The molecule has 3 unspecified atom stereocenters. The number of likely N-dealkylation sites (tertiary alicyclic amines) is 1. The number of benzene rings is 2. The van der Waals surface area contributed by atoms with Gasteiger partial charge in [0.1, 0.15) is 11.9 Å². The lowest BCUT2D eigenvalue weighted by atomic mass is 9.57. The van der Waals surface area contributed by atoms with Gasteiger partial charge in [0.2, 0.25) is 0 Å². The molecule has 3 heterocycles. The molecule has 8 rings (SSSR count). The van der Waals surface area contributed by atoms with Gasteiger partial charge in [-0.25, -0.2) is 4.39 Å². The number of ether oxygens (including phenoxy) is 1. The molecule has 2 aromatic carbocycles. The molecule has 3 saturated carbocycles. The van der Waals surface area contributed by atoms with Gasteiger partial charge >= 0.3 is 0 Å². The third-order valence-corrected chi connectivity index (χ3v) is 10.0. The van der Waals surface area contributed by atoms with Crippen LogP contribution in [0.5, 0.6) is 11.5 Å². The summed E-state index contributed by atoms with van der Waals surface area (Å²) in [6.07, 6.45) is 4.05. The lowest BCUT2D eigenvalue weighted by molar-refractivity contribution is -0.127. The van der Waals surface area contributed by atoms with Crippen LogP contribution in [0.4, 0.5) is 4.39 Å². The van der Waals surface area contributed by atoms with Crippen LogP contribution < -0.4 is 4.74 Å². The van der Waals surface area contributed by atoms with Crippen LogP contribution in [-0.4, -0.2) is 62.3 Å². The lowest BCUT2D eigenvalue weighted by Gasteiger charge is -2.53. The fraction of sp³-hybridized carbons (Fsp3) is 0.536. The number of piperidine rings is 1. The number of carbonyl (C=O) groups excluding carboxylic acids is 1.